The lowest BCUT2D eigenvalue weighted by atomic mass is 9.80. The molecule has 88 valence electrons. The molecule has 0 aromatic rings. The van der Waals surface area contributed by atoms with Crippen LogP contribution in [0.15, 0.2) is 0 Å². The first-order valence-corrected chi connectivity index (χ1v) is 5.86. The van der Waals surface area contributed by atoms with Crippen molar-refractivity contribution in [3.8, 4) is 0 Å². The lowest BCUT2D eigenvalue weighted by Gasteiger charge is -2.26. The highest BCUT2D eigenvalue weighted by atomic mass is 14.8. The molecule has 0 heterocycles. The maximum Gasteiger partial charge on any atom is -0.00492 e. The molecule has 0 spiro atoms. The minimum Gasteiger partial charge on any atom is -0.320 e. The Bertz CT molecular complexity index is 108. The van der Waals surface area contributed by atoms with Crippen molar-refractivity contribution in [1.29, 1.82) is 0 Å². The van der Waals surface area contributed by atoms with E-state index in [1.165, 1.54) is 6.42 Å². The SMILES string of the molecule is CC(C)C.CNCCC(C)C(C)(C)C. The molecule has 1 nitrogen and oxygen atoms in total. The zero-order valence-corrected chi connectivity index (χ0v) is 11.6. The van der Waals surface area contributed by atoms with Crippen molar-refractivity contribution in [2.45, 2.75) is 54.9 Å². The Morgan fingerprint density at radius 2 is 1.36 bits per heavy atom. The third kappa shape index (κ3) is 14.5. The normalized spacial score (nSPS) is 13.5. The fraction of sp³-hybridized carbons (Fsp3) is 1.00. The zero-order chi connectivity index (χ0) is 11.8. The summed E-state index contributed by atoms with van der Waals surface area (Å²) in [5.74, 6) is 1.64. The molecular weight excluding hydrogens is 170 g/mol. The molecule has 0 saturated heterocycles. The highest BCUT2D eigenvalue weighted by Gasteiger charge is 2.18. The zero-order valence-electron chi connectivity index (χ0n) is 11.6. The molecule has 14 heavy (non-hydrogen) atoms. The predicted octanol–water partition coefficient (Wildman–Crippen LogP) is 3.94. The van der Waals surface area contributed by atoms with Gasteiger partial charge in [0.25, 0.3) is 0 Å². The molecule has 0 radical (unpaired) electrons. The van der Waals surface area contributed by atoms with Gasteiger partial charge in [-0.05, 0) is 37.3 Å². The lowest BCUT2D eigenvalue weighted by Crippen LogP contribution is -2.21. The second-order valence-electron chi connectivity index (χ2n) is 5.89. The molecule has 0 rings (SSSR count). The minimum atomic E-state index is 0.469. The number of hydrogen-bond acceptors (Lipinski definition) is 1. The van der Waals surface area contributed by atoms with Gasteiger partial charge in [-0.2, -0.15) is 0 Å². The fourth-order valence-electron chi connectivity index (χ4n) is 0.794. The summed E-state index contributed by atoms with van der Waals surface area (Å²) in [5.41, 5.74) is 0.469. The van der Waals surface area contributed by atoms with E-state index in [1.54, 1.807) is 0 Å². The van der Waals surface area contributed by atoms with Crippen LogP contribution in [-0.2, 0) is 0 Å². The van der Waals surface area contributed by atoms with Gasteiger partial charge in [0.05, 0.1) is 0 Å². The molecule has 1 atom stereocenters. The third-order valence-electron chi connectivity index (χ3n) is 2.31. The maximum atomic E-state index is 3.17. The minimum absolute atomic E-state index is 0.469. The number of hydrogen-bond donors (Lipinski definition) is 1. The van der Waals surface area contributed by atoms with Crippen LogP contribution in [-0.4, -0.2) is 13.6 Å². The summed E-state index contributed by atoms with van der Waals surface area (Å²) in [4.78, 5) is 0. The van der Waals surface area contributed by atoms with E-state index in [1.807, 2.05) is 7.05 Å². The van der Waals surface area contributed by atoms with Gasteiger partial charge in [0.15, 0.2) is 0 Å². The van der Waals surface area contributed by atoms with Gasteiger partial charge in [0.2, 0.25) is 0 Å². The molecule has 0 aliphatic rings. The topological polar surface area (TPSA) is 12.0 Å². The average molecular weight is 201 g/mol. The van der Waals surface area contributed by atoms with Crippen LogP contribution in [0.2, 0.25) is 0 Å². The quantitative estimate of drug-likeness (QED) is 0.729. The van der Waals surface area contributed by atoms with Gasteiger partial charge in [-0.15, -0.1) is 0 Å². The van der Waals surface area contributed by atoms with Gasteiger partial charge in [0.1, 0.15) is 0 Å². The standard InChI is InChI=1S/C9H21N.C4H10/c1-8(6-7-10-5)9(2,3)4;1-4(2)3/h8,10H,6-7H2,1-5H3;4H,1-3H3. The Hall–Kier alpha value is -0.0400. The first-order chi connectivity index (χ1) is 6.21. The molecule has 0 saturated carbocycles. The van der Waals surface area contributed by atoms with Crippen LogP contribution in [0.3, 0.4) is 0 Å². The highest BCUT2D eigenvalue weighted by Crippen LogP contribution is 2.27. The average Bonchev–Trinajstić information content (AvgIpc) is 1.97. The molecular formula is C13H31N. The summed E-state index contributed by atoms with van der Waals surface area (Å²) in [6.45, 7) is 16.9. The van der Waals surface area contributed by atoms with Crippen LogP contribution in [0.5, 0.6) is 0 Å². The first kappa shape index (κ1) is 16.4. The van der Waals surface area contributed by atoms with E-state index in [2.05, 4.69) is 53.8 Å². The first-order valence-electron chi connectivity index (χ1n) is 5.86. The van der Waals surface area contributed by atoms with Gasteiger partial charge in [-0.1, -0.05) is 48.5 Å². The van der Waals surface area contributed by atoms with E-state index >= 15 is 0 Å². The Labute approximate surface area is 91.7 Å². The van der Waals surface area contributed by atoms with Crippen molar-refractivity contribution < 1.29 is 0 Å². The van der Waals surface area contributed by atoms with Crippen LogP contribution >= 0.6 is 0 Å². The van der Waals surface area contributed by atoms with Crippen molar-refractivity contribution in [2.75, 3.05) is 13.6 Å². The summed E-state index contributed by atoms with van der Waals surface area (Å²) in [7, 11) is 2.01. The molecule has 1 N–H and O–H groups in total. The number of nitrogens with one attached hydrogen (secondary N) is 1. The van der Waals surface area contributed by atoms with Gasteiger partial charge in [0, 0.05) is 0 Å². The van der Waals surface area contributed by atoms with Crippen molar-refractivity contribution in [2.24, 2.45) is 17.3 Å². The van der Waals surface area contributed by atoms with E-state index < -0.39 is 0 Å². The van der Waals surface area contributed by atoms with Crippen LogP contribution in [0, 0.1) is 17.3 Å². The van der Waals surface area contributed by atoms with Crippen molar-refractivity contribution >= 4 is 0 Å². The smallest absolute Gasteiger partial charge is 0.00492 e. The van der Waals surface area contributed by atoms with Crippen LogP contribution in [0.4, 0.5) is 0 Å². The van der Waals surface area contributed by atoms with Crippen molar-refractivity contribution in [3.63, 3.8) is 0 Å². The van der Waals surface area contributed by atoms with E-state index in [0.717, 1.165) is 18.4 Å². The Morgan fingerprint density at radius 1 is 1.00 bits per heavy atom. The lowest BCUT2D eigenvalue weighted by molar-refractivity contribution is 0.246. The van der Waals surface area contributed by atoms with Gasteiger partial charge in [-0.3, -0.25) is 0 Å². The summed E-state index contributed by atoms with van der Waals surface area (Å²) in [6, 6.07) is 0. The van der Waals surface area contributed by atoms with Gasteiger partial charge >= 0.3 is 0 Å². The molecule has 0 aliphatic heterocycles. The largest absolute Gasteiger partial charge is 0.320 e. The third-order valence-corrected chi connectivity index (χ3v) is 2.31. The summed E-state index contributed by atoms with van der Waals surface area (Å²) >= 11 is 0. The predicted molar refractivity (Wildman–Crippen MR) is 67.7 cm³/mol. The molecule has 1 heteroatoms. The summed E-state index contributed by atoms with van der Waals surface area (Å²) in [5, 5.41) is 3.17. The molecule has 0 aromatic carbocycles. The second-order valence-corrected chi connectivity index (χ2v) is 5.89. The van der Waals surface area contributed by atoms with Crippen LogP contribution in [0.1, 0.15) is 54.9 Å². The van der Waals surface area contributed by atoms with E-state index in [0.29, 0.717) is 5.41 Å². The molecule has 0 bridgehead atoms. The summed E-state index contributed by atoms with van der Waals surface area (Å²) in [6.07, 6.45) is 1.28. The van der Waals surface area contributed by atoms with Crippen molar-refractivity contribution in [3.05, 3.63) is 0 Å². The molecule has 0 aromatic heterocycles. The molecule has 1 unspecified atom stereocenters. The maximum absolute atomic E-state index is 3.17. The molecule has 0 fully saturated rings. The summed E-state index contributed by atoms with van der Waals surface area (Å²) < 4.78 is 0. The van der Waals surface area contributed by atoms with Gasteiger partial charge in [-0.25, -0.2) is 0 Å². The second kappa shape index (κ2) is 8.28. The Kier molecular flexibility index (Phi) is 9.70. The Morgan fingerprint density at radius 3 is 1.57 bits per heavy atom. The Balaban J connectivity index is 0. The fourth-order valence-corrected chi connectivity index (χ4v) is 0.794. The van der Waals surface area contributed by atoms with Crippen LogP contribution in [0.25, 0.3) is 0 Å². The van der Waals surface area contributed by atoms with Gasteiger partial charge < -0.3 is 5.32 Å². The monoisotopic (exact) mass is 201 g/mol. The van der Waals surface area contributed by atoms with E-state index in [9.17, 15) is 0 Å². The highest BCUT2D eigenvalue weighted by molar-refractivity contribution is 4.69. The van der Waals surface area contributed by atoms with Crippen LogP contribution < -0.4 is 5.32 Å². The number of rotatable bonds is 3. The molecule has 0 amide bonds. The van der Waals surface area contributed by atoms with E-state index in [4.69, 9.17) is 0 Å². The van der Waals surface area contributed by atoms with E-state index in [-0.39, 0.29) is 0 Å². The van der Waals surface area contributed by atoms with Crippen molar-refractivity contribution in [1.82, 2.24) is 5.32 Å². The molecule has 0 aliphatic carbocycles.